The van der Waals surface area contributed by atoms with Gasteiger partial charge in [-0.15, -0.1) is 0 Å². The molecule has 2 fully saturated rings. The standard InChI is InChI=1S/C24H27F3N4O3S/c1-15(2)23-13-19(23)16(3)31(22(32)21(23)29-28-18-10-5-4-6-11-18)14-17-9-7-8-12-20(17)30-35(33,34)24(25,26)27/h4-12,15-16,19,28,30H,13-14H2,1-3H3/b29-21+/t16-,19?,23+/m1/s1. The van der Waals surface area contributed by atoms with Crippen molar-refractivity contribution in [2.75, 3.05) is 10.1 Å². The van der Waals surface area contributed by atoms with E-state index in [0.29, 0.717) is 5.71 Å². The molecular formula is C24H27F3N4O3S. The smallest absolute Gasteiger partial charge is 0.330 e. The van der Waals surface area contributed by atoms with Gasteiger partial charge in [-0.2, -0.15) is 26.7 Å². The molecule has 35 heavy (non-hydrogen) atoms. The van der Waals surface area contributed by atoms with E-state index in [0.717, 1.165) is 12.1 Å². The van der Waals surface area contributed by atoms with Gasteiger partial charge in [0.2, 0.25) is 0 Å². The van der Waals surface area contributed by atoms with Crippen molar-refractivity contribution < 1.29 is 26.4 Å². The van der Waals surface area contributed by atoms with Crippen LogP contribution in [0.15, 0.2) is 59.7 Å². The highest BCUT2D eigenvalue weighted by molar-refractivity contribution is 7.93. The molecule has 0 aromatic heterocycles. The van der Waals surface area contributed by atoms with Crippen molar-refractivity contribution in [1.29, 1.82) is 0 Å². The number of alkyl halides is 3. The molecule has 2 aromatic rings. The summed E-state index contributed by atoms with van der Waals surface area (Å²) < 4.78 is 63.9. The number of carbonyl (C=O) groups excluding carboxylic acids is 1. The molecule has 2 aromatic carbocycles. The Morgan fingerprint density at radius 2 is 1.74 bits per heavy atom. The van der Waals surface area contributed by atoms with Crippen LogP contribution in [0.1, 0.15) is 32.8 Å². The van der Waals surface area contributed by atoms with Crippen LogP contribution in [0.2, 0.25) is 0 Å². The molecular weight excluding hydrogens is 481 g/mol. The summed E-state index contributed by atoms with van der Waals surface area (Å²) in [5, 5.41) is 4.51. The number of amides is 1. The van der Waals surface area contributed by atoms with Crippen molar-refractivity contribution in [3.05, 3.63) is 60.2 Å². The third-order valence-corrected chi connectivity index (χ3v) is 8.14. The third-order valence-electron chi connectivity index (χ3n) is 7.05. The second-order valence-corrected chi connectivity index (χ2v) is 11.0. The van der Waals surface area contributed by atoms with Crippen molar-refractivity contribution in [2.24, 2.45) is 22.4 Å². The van der Waals surface area contributed by atoms with Crippen molar-refractivity contribution in [3.8, 4) is 0 Å². The Balaban J connectivity index is 1.65. The molecule has 188 valence electrons. The number of hydrogen-bond donors (Lipinski definition) is 2. The maximum atomic E-state index is 13.7. The molecule has 7 nitrogen and oxygen atoms in total. The van der Waals surface area contributed by atoms with Crippen LogP contribution in [0, 0.1) is 17.3 Å². The number of fused-ring (bicyclic) bond motifs is 1. The molecule has 3 atom stereocenters. The van der Waals surface area contributed by atoms with E-state index in [-0.39, 0.29) is 47.0 Å². The van der Waals surface area contributed by atoms with E-state index in [4.69, 9.17) is 0 Å². The monoisotopic (exact) mass is 508 g/mol. The fourth-order valence-electron chi connectivity index (χ4n) is 5.00. The lowest BCUT2D eigenvalue weighted by Gasteiger charge is -2.39. The highest BCUT2D eigenvalue weighted by atomic mass is 32.2. The normalized spacial score (nSPS) is 25.5. The van der Waals surface area contributed by atoms with Gasteiger partial charge in [-0.25, -0.2) is 0 Å². The van der Waals surface area contributed by atoms with Crippen molar-refractivity contribution in [2.45, 2.75) is 45.3 Å². The van der Waals surface area contributed by atoms with Gasteiger partial charge >= 0.3 is 15.5 Å². The van der Waals surface area contributed by atoms with Crippen LogP contribution in [-0.2, 0) is 21.4 Å². The number of likely N-dealkylation sites (tertiary alicyclic amines) is 1. The molecule has 0 bridgehead atoms. The van der Waals surface area contributed by atoms with Crippen LogP contribution < -0.4 is 10.1 Å². The summed E-state index contributed by atoms with van der Waals surface area (Å²) in [6.45, 7) is 5.95. The Hall–Kier alpha value is -3.08. The Kier molecular flexibility index (Phi) is 6.33. The summed E-state index contributed by atoms with van der Waals surface area (Å²) >= 11 is 0. The minimum Gasteiger partial charge on any atom is -0.330 e. The SMILES string of the molecule is CC(C)[C@@]12CC1[C@@H](C)N(Cc1ccccc1NS(=O)(=O)C(F)(F)F)C(=O)/C2=N\Nc1ccccc1. The summed E-state index contributed by atoms with van der Waals surface area (Å²) in [4.78, 5) is 15.3. The summed E-state index contributed by atoms with van der Waals surface area (Å²) in [7, 11) is -5.60. The predicted molar refractivity (Wildman–Crippen MR) is 128 cm³/mol. The van der Waals surface area contributed by atoms with Crippen molar-refractivity contribution in [3.63, 3.8) is 0 Å². The van der Waals surface area contributed by atoms with Crippen LogP contribution in [0.25, 0.3) is 0 Å². The number of rotatable bonds is 7. The number of piperidine rings is 1. The first-order valence-corrected chi connectivity index (χ1v) is 12.7. The number of benzene rings is 2. The first kappa shape index (κ1) is 25.0. The van der Waals surface area contributed by atoms with Gasteiger partial charge in [0.05, 0.1) is 11.4 Å². The van der Waals surface area contributed by atoms with E-state index in [1.807, 2.05) is 37.3 Å². The van der Waals surface area contributed by atoms with Gasteiger partial charge in [-0.05, 0) is 48.9 Å². The Labute approximate surface area is 202 Å². The van der Waals surface area contributed by atoms with Crippen molar-refractivity contribution >= 4 is 33.0 Å². The molecule has 1 heterocycles. The lowest BCUT2D eigenvalue weighted by Crippen LogP contribution is -2.53. The fraction of sp³-hybridized carbons (Fsp3) is 0.417. The molecule has 11 heteroatoms. The number of para-hydroxylation sites is 2. The van der Waals surface area contributed by atoms with Gasteiger partial charge in [0.1, 0.15) is 5.71 Å². The first-order chi connectivity index (χ1) is 16.4. The number of halogens is 3. The molecule has 2 aliphatic rings. The molecule has 1 saturated heterocycles. The van der Waals surface area contributed by atoms with Crippen molar-refractivity contribution in [1.82, 2.24) is 4.90 Å². The van der Waals surface area contributed by atoms with E-state index >= 15 is 0 Å². The number of anilines is 2. The molecule has 1 aliphatic carbocycles. The van der Waals surface area contributed by atoms with Gasteiger partial charge in [-0.1, -0.05) is 50.2 Å². The molecule has 1 aliphatic heterocycles. The second kappa shape index (κ2) is 8.85. The maximum absolute atomic E-state index is 13.7. The van der Waals surface area contributed by atoms with Gasteiger partial charge in [0, 0.05) is 18.0 Å². The highest BCUT2D eigenvalue weighted by Crippen LogP contribution is 2.63. The van der Waals surface area contributed by atoms with Gasteiger partial charge in [0.15, 0.2) is 0 Å². The summed E-state index contributed by atoms with van der Waals surface area (Å²) in [5.74, 6) is -0.0318. The lowest BCUT2D eigenvalue weighted by molar-refractivity contribution is -0.129. The molecule has 0 spiro atoms. The largest absolute Gasteiger partial charge is 0.516 e. The molecule has 0 radical (unpaired) electrons. The van der Waals surface area contributed by atoms with E-state index in [1.54, 1.807) is 15.7 Å². The van der Waals surface area contributed by atoms with Crippen LogP contribution >= 0.6 is 0 Å². The zero-order chi connectivity index (χ0) is 25.6. The summed E-state index contributed by atoms with van der Waals surface area (Å²) in [6, 6.07) is 14.8. The molecule has 1 saturated carbocycles. The highest BCUT2D eigenvalue weighted by Gasteiger charge is 2.68. The third kappa shape index (κ3) is 4.49. The summed E-state index contributed by atoms with van der Waals surface area (Å²) in [5.41, 5.74) is -1.73. The molecule has 1 unspecified atom stereocenters. The molecule has 2 N–H and O–H groups in total. The average Bonchev–Trinajstić information content (AvgIpc) is 3.55. The van der Waals surface area contributed by atoms with E-state index in [9.17, 15) is 26.4 Å². The Bertz CT molecular complexity index is 1250. The Morgan fingerprint density at radius 1 is 1.11 bits per heavy atom. The van der Waals surface area contributed by atoms with Gasteiger partial charge in [-0.3, -0.25) is 14.9 Å². The first-order valence-electron chi connectivity index (χ1n) is 11.3. The average molecular weight is 509 g/mol. The van der Waals surface area contributed by atoms with E-state index in [2.05, 4.69) is 24.4 Å². The number of hydrogen-bond acceptors (Lipinski definition) is 5. The second-order valence-electron chi connectivity index (χ2n) is 9.33. The van der Waals surface area contributed by atoms with Gasteiger partial charge < -0.3 is 4.90 Å². The zero-order valence-electron chi connectivity index (χ0n) is 19.5. The number of carbonyl (C=O) groups is 1. The maximum Gasteiger partial charge on any atom is 0.516 e. The van der Waals surface area contributed by atoms with Crippen LogP contribution in [0.5, 0.6) is 0 Å². The van der Waals surface area contributed by atoms with Crippen LogP contribution in [-0.4, -0.2) is 36.5 Å². The number of sulfonamides is 1. The lowest BCUT2D eigenvalue weighted by atomic mass is 9.79. The van der Waals surface area contributed by atoms with Crippen LogP contribution in [0.4, 0.5) is 24.5 Å². The molecule has 1 amide bonds. The van der Waals surface area contributed by atoms with Gasteiger partial charge in [0.25, 0.3) is 5.91 Å². The zero-order valence-corrected chi connectivity index (χ0v) is 20.3. The predicted octanol–water partition coefficient (Wildman–Crippen LogP) is 4.81. The van der Waals surface area contributed by atoms with E-state index in [1.165, 1.54) is 18.2 Å². The number of nitrogens with one attached hydrogen (secondary N) is 2. The minimum atomic E-state index is -5.60. The fourth-order valence-corrected chi connectivity index (χ4v) is 5.60. The minimum absolute atomic E-state index is 0.0639. The topological polar surface area (TPSA) is 90.9 Å². The quantitative estimate of drug-likeness (QED) is 0.526. The molecule has 4 rings (SSSR count). The number of hydrazone groups is 1. The Morgan fingerprint density at radius 3 is 2.37 bits per heavy atom. The summed E-state index contributed by atoms with van der Waals surface area (Å²) in [6.07, 6.45) is 0.770. The van der Waals surface area contributed by atoms with Crippen LogP contribution in [0.3, 0.4) is 0 Å². The van der Waals surface area contributed by atoms with E-state index < -0.39 is 15.5 Å². The number of nitrogens with zero attached hydrogens (tertiary/aromatic N) is 2.